The van der Waals surface area contributed by atoms with Gasteiger partial charge in [-0.05, 0) is 32.6 Å². The predicted octanol–water partition coefficient (Wildman–Crippen LogP) is 0.574. The highest BCUT2D eigenvalue weighted by Crippen LogP contribution is 2.63. The number of nitrogens with zero attached hydrogens (tertiary/aromatic N) is 1. The summed E-state index contributed by atoms with van der Waals surface area (Å²) in [5.41, 5.74) is -1.77. The number of nitrogens with one attached hydrogen (secondary N) is 2. The molecule has 0 saturated carbocycles. The smallest absolute Gasteiger partial charge is 0.245 e. The number of ether oxygens (including phenoxy) is 1. The summed E-state index contributed by atoms with van der Waals surface area (Å²) < 4.78 is 6.44. The van der Waals surface area contributed by atoms with E-state index in [2.05, 4.69) is 17.6 Å². The maximum atomic E-state index is 13.6. The van der Waals surface area contributed by atoms with Gasteiger partial charge in [-0.1, -0.05) is 26.7 Å². The molecule has 8 heteroatoms. The van der Waals surface area contributed by atoms with E-state index < -0.39 is 35.1 Å². The minimum absolute atomic E-state index is 0.228. The normalized spacial score (nSPS) is 36.2. The molecule has 2 unspecified atom stereocenters. The summed E-state index contributed by atoms with van der Waals surface area (Å²) >= 11 is 0. The van der Waals surface area contributed by atoms with Crippen molar-refractivity contribution in [1.82, 2.24) is 15.5 Å². The average molecular weight is 410 g/mol. The predicted molar refractivity (Wildman–Crippen MR) is 107 cm³/mol. The number of carbonyl (C=O) groups excluding carboxylic acids is 3. The number of unbranched alkanes of at least 4 members (excludes halogenated alkanes) is 2. The first-order valence-corrected chi connectivity index (χ1v) is 10.9. The van der Waals surface area contributed by atoms with Gasteiger partial charge in [-0.2, -0.15) is 0 Å². The van der Waals surface area contributed by atoms with Gasteiger partial charge in [0.2, 0.25) is 17.7 Å². The summed E-state index contributed by atoms with van der Waals surface area (Å²) in [7, 11) is 1.56. The highest BCUT2D eigenvalue weighted by molar-refractivity contribution is 5.99. The van der Waals surface area contributed by atoms with Gasteiger partial charge in [0.1, 0.15) is 11.6 Å². The lowest BCUT2D eigenvalue weighted by Crippen LogP contribution is -2.58. The van der Waals surface area contributed by atoms with Crippen molar-refractivity contribution in [2.75, 3.05) is 20.2 Å². The summed E-state index contributed by atoms with van der Waals surface area (Å²) in [4.78, 5) is 41.1. The zero-order valence-electron chi connectivity index (χ0n) is 18.0. The van der Waals surface area contributed by atoms with Crippen molar-refractivity contribution in [2.24, 2.45) is 11.8 Å². The Bertz CT molecular complexity index is 667. The van der Waals surface area contributed by atoms with Gasteiger partial charge in [0.15, 0.2) is 0 Å². The topological polar surface area (TPSA) is 108 Å². The minimum atomic E-state index is -1.01. The van der Waals surface area contributed by atoms with Gasteiger partial charge in [-0.15, -0.1) is 0 Å². The van der Waals surface area contributed by atoms with Crippen molar-refractivity contribution in [3.8, 4) is 0 Å². The third kappa shape index (κ3) is 3.24. The van der Waals surface area contributed by atoms with Crippen LogP contribution in [0.3, 0.4) is 0 Å². The Morgan fingerprint density at radius 2 is 2.00 bits per heavy atom. The van der Waals surface area contributed by atoms with Gasteiger partial charge in [0.25, 0.3) is 0 Å². The second-order valence-corrected chi connectivity index (χ2v) is 8.83. The second-order valence-electron chi connectivity index (χ2n) is 8.83. The van der Waals surface area contributed by atoms with Crippen molar-refractivity contribution in [3.05, 3.63) is 0 Å². The largest absolute Gasteiger partial charge is 0.394 e. The van der Waals surface area contributed by atoms with Crippen molar-refractivity contribution in [1.29, 1.82) is 0 Å². The van der Waals surface area contributed by atoms with Crippen LogP contribution in [0.1, 0.15) is 59.3 Å². The van der Waals surface area contributed by atoms with Crippen LogP contribution in [0.5, 0.6) is 0 Å². The molecule has 0 aliphatic carbocycles. The van der Waals surface area contributed by atoms with Crippen molar-refractivity contribution in [2.45, 2.75) is 82.6 Å². The number of hydrogen-bond acceptors (Lipinski definition) is 5. The molecule has 6 atom stereocenters. The molecular formula is C21H35N3O5. The fraction of sp³-hybridized carbons (Fsp3) is 0.857. The first-order valence-electron chi connectivity index (χ1n) is 10.9. The number of carbonyl (C=O) groups is 3. The van der Waals surface area contributed by atoms with Crippen molar-refractivity contribution < 1.29 is 24.2 Å². The van der Waals surface area contributed by atoms with Crippen LogP contribution < -0.4 is 10.6 Å². The number of amides is 3. The zero-order chi connectivity index (χ0) is 21.4. The molecule has 0 radical (unpaired) electrons. The molecule has 3 aliphatic rings. The van der Waals surface area contributed by atoms with E-state index in [-0.39, 0.29) is 24.3 Å². The van der Waals surface area contributed by atoms with Crippen LogP contribution in [0, 0.1) is 11.8 Å². The molecule has 3 saturated heterocycles. The fourth-order valence-electron chi connectivity index (χ4n) is 5.71. The van der Waals surface area contributed by atoms with Crippen LogP contribution >= 0.6 is 0 Å². The maximum Gasteiger partial charge on any atom is 0.245 e. The minimum Gasteiger partial charge on any atom is -0.394 e. The first-order chi connectivity index (χ1) is 13.8. The van der Waals surface area contributed by atoms with E-state index >= 15 is 0 Å². The van der Waals surface area contributed by atoms with E-state index in [1.54, 1.807) is 7.05 Å². The summed E-state index contributed by atoms with van der Waals surface area (Å²) in [6.45, 7) is 6.16. The monoisotopic (exact) mass is 409 g/mol. The molecule has 1 spiro atoms. The molecule has 29 heavy (non-hydrogen) atoms. The average Bonchev–Trinajstić information content (AvgIpc) is 3.27. The highest BCUT2D eigenvalue weighted by Gasteiger charge is 2.78. The second kappa shape index (κ2) is 8.22. The van der Waals surface area contributed by atoms with Crippen LogP contribution in [-0.2, 0) is 19.1 Å². The molecule has 8 nitrogen and oxygen atoms in total. The number of rotatable bonds is 9. The molecule has 3 heterocycles. The van der Waals surface area contributed by atoms with E-state index in [0.717, 1.165) is 19.3 Å². The number of aliphatic hydroxyl groups is 1. The van der Waals surface area contributed by atoms with E-state index in [0.29, 0.717) is 25.8 Å². The third-order valence-corrected chi connectivity index (χ3v) is 7.15. The Morgan fingerprint density at radius 1 is 1.28 bits per heavy atom. The molecule has 3 aliphatic heterocycles. The van der Waals surface area contributed by atoms with Gasteiger partial charge in [0, 0.05) is 13.6 Å². The Labute approximate surface area is 172 Å². The summed E-state index contributed by atoms with van der Waals surface area (Å²) in [6, 6.07) is -1.30. The summed E-state index contributed by atoms with van der Waals surface area (Å²) in [6.07, 6.45) is 4.64. The third-order valence-electron chi connectivity index (χ3n) is 7.15. The van der Waals surface area contributed by atoms with Crippen molar-refractivity contribution >= 4 is 17.7 Å². The number of fused-ring (bicyclic) bond motifs is 1. The SMILES string of the molecule is CCCCCNC(=O)C1N([C@@H](CC)CO)C(=O)[C@@H]2[C@H](C(=O)NC)[C@]3(C)CCC12O3. The van der Waals surface area contributed by atoms with E-state index in [9.17, 15) is 19.5 Å². The van der Waals surface area contributed by atoms with Gasteiger partial charge in [-0.25, -0.2) is 0 Å². The van der Waals surface area contributed by atoms with E-state index in [4.69, 9.17) is 4.74 Å². The Morgan fingerprint density at radius 3 is 2.59 bits per heavy atom. The Balaban J connectivity index is 1.98. The summed E-state index contributed by atoms with van der Waals surface area (Å²) in [5, 5.41) is 15.6. The lowest BCUT2D eigenvalue weighted by Gasteiger charge is -2.36. The van der Waals surface area contributed by atoms with Crippen LogP contribution in [-0.4, -0.2) is 71.2 Å². The van der Waals surface area contributed by atoms with Gasteiger partial charge >= 0.3 is 0 Å². The number of hydrogen-bond donors (Lipinski definition) is 3. The highest BCUT2D eigenvalue weighted by atomic mass is 16.5. The molecule has 0 aromatic carbocycles. The molecule has 0 aromatic rings. The van der Waals surface area contributed by atoms with Gasteiger partial charge in [0.05, 0.1) is 30.1 Å². The molecule has 0 aromatic heterocycles. The molecular weight excluding hydrogens is 374 g/mol. The Kier molecular flexibility index (Phi) is 6.24. The van der Waals surface area contributed by atoms with Crippen LogP contribution in [0.4, 0.5) is 0 Å². The van der Waals surface area contributed by atoms with E-state index in [1.807, 2.05) is 13.8 Å². The maximum absolute atomic E-state index is 13.6. The molecule has 3 fully saturated rings. The van der Waals surface area contributed by atoms with Gasteiger partial charge < -0.3 is 25.4 Å². The lowest BCUT2D eigenvalue weighted by molar-refractivity contribution is -0.149. The number of likely N-dealkylation sites (tertiary alicyclic amines) is 1. The van der Waals surface area contributed by atoms with Gasteiger partial charge in [-0.3, -0.25) is 14.4 Å². The number of aliphatic hydroxyl groups excluding tert-OH is 1. The lowest BCUT2D eigenvalue weighted by atomic mass is 9.66. The molecule has 164 valence electrons. The quantitative estimate of drug-likeness (QED) is 0.483. The first kappa shape index (κ1) is 22.0. The Hall–Kier alpha value is -1.67. The summed E-state index contributed by atoms with van der Waals surface area (Å²) in [5.74, 6) is -2.06. The molecule has 3 amide bonds. The van der Waals surface area contributed by atoms with Crippen LogP contribution in [0.15, 0.2) is 0 Å². The van der Waals surface area contributed by atoms with Crippen LogP contribution in [0.25, 0.3) is 0 Å². The molecule has 2 bridgehead atoms. The van der Waals surface area contributed by atoms with E-state index in [1.165, 1.54) is 4.90 Å². The fourth-order valence-corrected chi connectivity index (χ4v) is 5.71. The molecule has 3 rings (SSSR count). The zero-order valence-corrected chi connectivity index (χ0v) is 18.0. The van der Waals surface area contributed by atoms with Crippen molar-refractivity contribution in [3.63, 3.8) is 0 Å². The molecule has 3 N–H and O–H groups in total. The standard InChI is InChI=1S/C21H35N3O5/c1-5-7-8-11-23-18(27)16-21-10-9-20(3,29-21)14(17(26)22-4)15(21)19(28)24(16)13(6-2)12-25/h13-16,25H,5-12H2,1-4H3,(H,22,26)(H,23,27)/t13-,14+,15-,16?,20-,21?/m0/s1. The van der Waals surface area contributed by atoms with Crippen LogP contribution in [0.2, 0.25) is 0 Å².